The zero-order chi connectivity index (χ0) is 13.8. The highest BCUT2D eigenvalue weighted by Crippen LogP contribution is 2.32. The lowest BCUT2D eigenvalue weighted by molar-refractivity contribution is -0.149. The predicted molar refractivity (Wildman–Crippen MR) is 73.1 cm³/mol. The first-order chi connectivity index (χ1) is 8.41. The number of hydrogen-bond donors (Lipinski definition) is 3. The maximum Gasteiger partial charge on any atom is 0.311 e. The van der Waals surface area contributed by atoms with Crippen molar-refractivity contribution in [3.63, 3.8) is 0 Å². The Kier molecular flexibility index (Phi) is 4.73. The molecule has 4 nitrogen and oxygen atoms in total. The van der Waals surface area contributed by atoms with Gasteiger partial charge in [-0.05, 0) is 30.4 Å². The molecule has 1 aromatic carbocycles. The summed E-state index contributed by atoms with van der Waals surface area (Å²) in [6.07, 6.45) is 0.927. The van der Waals surface area contributed by atoms with Gasteiger partial charge in [-0.3, -0.25) is 4.79 Å². The van der Waals surface area contributed by atoms with E-state index in [2.05, 4.69) is 0 Å². The molecule has 0 spiro atoms. The third kappa shape index (κ3) is 3.23. The van der Waals surface area contributed by atoms with Crippen LogP contribution < -0.4 is 11.5 Å². The van der Waals surface area contributed by atoms with Crippen LogP contribution >= 0.6 is 0 Å². The van der Waals surface area contributed by atoms with Gasteiger partial charge in [-0.1, -0.05) is 32.0 Å². The molecule has 0 aliphatic heterocycles. The summed E-state index contributed by atoms with van der Waals surface area (Å²) < 4.78 is 0. The molecule has 0 aliphatic carbocycles. The number of aliphatic carboxylic acids is 1. The molecular weight excluding hydrogens is 228 g/mol. The van der Waals surface area contributed by atoms with Crippen molar-refractivity contribution < 1.29 is 9.90 Å². The van der Waals surface area contributed by atoms with Gasteiger partial charge in [0, 0.05) is 12.2 Å². The van der Waals surface area contributed by atoms with Crippen LogP contribution in [0.2, 0.25) is 0 Å². The van der Waals surface area contributed by atoms with E-state index in [0.717, 1.165) is 5.56 Å². The summed E-state index contributed by atoms with van der Waals surface area (Å²) in [6, 6.07) is 7.35. The normalized spacial score (nSPS) is 14.4. The fourth-order valence-electron chi connectivity index (χ4n) is 2.32. The summed E-state index contributed by atoms with van der Waals surface area (Å²) in [5.74, 6) is -0.573. The van der Waals surface area contributed by atoms with Gasteiger partial charge in [0.15, 0.2) is 0 Å². The van der Waals surface area contributed by atoms with Crippen LogP contribution in [0.4, 0.5) is 5.69 Å². The van der Waals surface area contributed by atoms with Crippen LogP contribution in [0.5, 0.6) is 0 Å². The van der Waals surface area contributed by atoms with Crippen molar-refractivity contribution in [2.45, 2.75) is 26.7 Å². The molecule has 4 heteroatoms. The Labute approximate surface area is 108 Å². The summed E-state index contributed by atoms with van der Waals surface area (Å²) in [4.78, 5) is 11.6. The first-order valence-corrected chi connectivity index (χ1v) is 6.18. The summed E-state index contributed by atoms with van der Waals surface area (Å²) >= 11 is 0. The van der Waals surface area contributed by atoms with Crippen molar-refractivity contribution in [2.75, 3.05) is 12.3 Å². The van der Waals surface area contributed by atoms with E-state index in [1.807, 2.05) is 32.0 Å². The molecule has 1 aromatic rings. The van der Waals surface area contributed by atoms with Crippen molar-refractivity contribution in [1.29, 1.82) is 0 Å². The molecule has 0 radical (unpaired) electrons. The Morgan fingerprint density at radius 2 is 2.00 bits per heavy atom. The van der Waals surface area contributed by atoms with Gasteiger partial charge in [0.1, 0.15) is 0 Å². The summed E-state index contributed by atoms with van der Waals surface area (Å²) in [5, 5.41) is 9.50. The van der Waals surface area contributed by atoms with Gasteiger partial charge in [0.2, 0.25) is 0 Å². The number of carboxylic acids is 1. The molecule has 1 unspecified atom stereocenters. The number of carbonyl (C=O) groups is 1. The third-order valence-corrected chi connectivity index (χ3v) is 3.23. The number of hydrogen-bond acceptors (Lipinski definition) is 3. The van der Waals surface area contributed by atoms with Gasteiger partial charge in [-0.15, -0.1) is 0 Å². The first-order valence-electron chi connectivity index (χ1n) is 6.18. The molecule has 1 rings (SSSR count). The zero-order valence-corrected chi connectivity index (χ0v) is 11.0. The molecule has 100 valence electrons. The average Bonchev–Trinajstić information content (AvgIpc) is 2.30. The molecule has 0 fully saturated rings. The van der Waals surface area contributed by atoms with Gasteiger partial charge < -0.3 is 16.6 Å². The molecule has 1 atom stereocenters. The smallest absolute Gasteiger partial charge is 0.311 e. The molecular formula is C14H22N2O2. The minimum Gasteiger partial charge on any atom is -0.481 e. The molecule has 0 saturated carbocycles. The molecule has 0 aliphatic rings. The Balaban J connectivity index is 3.05. The summed E-state index contributed by atoms with van der Waals surface area (Å²) in [7, 11) is 0. The fourth-order valence-corrected chi connectivity index (χ4v) is 2.32. The van der Waals surface area contributed by atoms with Gasteiger partial charge >= 0.3 is 5.97 Å². The number of nitrogens with two attached hydrogens (primary N) is 2. The third-order valence-electron chi connectivity index (χ3n) is 3.23. The Morgan fingerprint density at radius 3 is 2.44 bits per heavy atom. The Bertz CT molecular complexity index is 418. The lowest BCUT2D eigenvalue weighted by Gasteiger charge is -2.30. The van der Waals surface area contributed by atoms with Crippen molar-refractivity contribution in [3.05, 3.63) is 29.8 Å². The number of para-hydroxylation sites is 1. The standard InChI is InChI=1S/C14H22N2O2/c1-10(2)7-14(9-15,13(17)18)8-11-5-3-4-6-12(11)16/h3-6,10H,7-9,15-16H2,1-2H3,(H,17,18). The zero-order valence-electron chi connectivity index (χ0n) is 11.0. The summed E-state index contributed by atoms with van der Waals surface area (Å²) in [5.41, 5.74) is 12.2. The monoisotopic (exact) mass is 250 g/mol. The lowest BCUT2D eigenvalue weighted by atomic mass is 9.75. The van der Waals surface area contributed by atoms with E-state index in [1.165, 1.54) is 0 Å². The van der Waals surface area contributed by atoms with Crippen LogP contribution in [0, 0.1) is 11.3 Å². The topological polar surface area (TPSA) is 89.3 Å². The molecule has 0 aromatic heterocycles. The molecule has 5 N–H and O–H groups in total. The minimum atomic E-state index is -0.927. The van der Waals surface area contributed by atoms with Crippen LogP contribution in [-0.4, -0.2) is 17.6 Å². The van der Waals surface area contributed by atoms with Crippen molar-refractivity contribution in [1.82, 2.24) is 0 Å². The van der Waals surface area contributed by atoms with Crippen LogP contribution in [-0.2, 0) is 11.2 Å². The van der Waals surface area contributed by atoms with E-state index < -0.39 is 11.4 Å². The highest BCUT2D eigenvalue weighted by atomic mass is 16.4. The van der Waals surface area contributed by atoms with E-state index >= 15 is 0 Å². The highest BCUT2D eigenvalue weighted by molar-refractivity contribution is 5.76. The van der Waals surface area contributed by atoms with E-state index in [-0.39, 0.29) is 12.5 Å². The molecule has 0 heterocycles. The number of benzene rings is 1. The van der Waals surface area contributed by atoms with E-state index in [0.29, 0.717) is 18.5 Å². The second-order valence-corrected chi connectivity index (χ2v) is 5.26. The second kappa shape index (κ2) is 5.87. The van der Waals surface area contributed by atoms with Crippen molar-refractivity contribution in [3.8, 4) is 0 Å². The Hall–Kier alpha value is -1.55. The van der Waals surface area contributed by atoms with Crippen LogP contribution in [0.25, 0.3) is 0 Å². The molecule has 0 saturated heterocycles. The van der Waals surface area contributed by atoms with Gasteiger partial charge in [-0.2, -0.15) is 0 Å². The van der Waals surface area contributed by atoms with E-state index in [4.69, 9.17) is 11.5 Å². The van der Waals surface area contributed by atoms with Crippen molar-refractivity contribution in [2.24, 2.45) is 17.1 Å². The number of rotatable bonds is 6. The number of anilines is 1. The van der Waals surface area contributed by atoms with Gasteiger partial charge in [0.25, 0.3) is 0 Å². The fraction of sp³-hybridized carbons (Fsp3) is 0.500. The van der Waals surface area contributed by atoms with E-state index in [9.17, 15) is 9.90 Å². The van der Waals surface area contributed by atoms with Gasteiger partial charge in [-0.25, -0.2) is 0 Å². The molecule has 18 heavy (non-hydrogen) atoms. The first kappa shape index (κ1) is 14.5. The summed E-state index contributed by atoms with van der Waals surface area (Å²) in [6.45, 7) is 4.12. The maximum absolute atomic E-state index is 11.6. The predicted octanol–water partition coefficient (Wildman–Crippen LogP) is 1.89. The number of carboxylic acid groups (broad SMARTS) is 1. The molecule has 0 bridgehead atoms. The maximum atomic E-state index is 11.6. The highest BCUT2D eigenvalue weighted by Gasteiger charge is 2.38. The average molecular weight is 250 g/mol. The van der Waals surface area contributed by atoms with Crippen molar-refractivity contribution >= 4 is 11.7 Å². The quantitative estimate of drug-likeness (QED) is 0.672. The molecule has 0 amide bonds. The van der Waals surface area contributed by atoms with Crippen LogP contribution in [0.15, 0.2) is 24.3 Å². The lowest BCUT2D eigenvalue weighted by Crippen LogP contribution is -2.42. The van der Waals surface area contributed by atoms with Gasteiger partial charge in [0.05, 0.1) is 5.41 Å². The number of nitrogen functional groups attached to an aromatic ring is 1. The largest absolute Gasteiger partial charge is 0.481 e. The SMILES string of the molecule is CC(C)CC(CN)(Cc1ccccc1N)C(=O)O. The van der Waals surface area contributed by atoms with Crippen LogP contribution in [0.1, 0.15) is 25.8 Å². The van der Waals surface area contributed by atoms with E-state index in [1.54, 1.807) is 6.07 Å². The second-order valence-electron chi connectivity index (χ2n) is 5.26. The Morgan fingerprint density at radius 1 is 1.39 bits per heavy atom. The minimum absolute atomic E-state index is 0.120. The van der Waals surface area contributed by atoms with Crippen LogP contribution in [0.3, 0.4) is 0 Å².